The third-order valence-corrected chi connectivity index (χ3v) is 4.39. The molecule has 1 saturated heterocycles. The normalized spacial score (nSPS) is 19.2. The molecule has 23 heavy (non-hydrogen) atoms. The van der Waals surface area contributed by atoms with Gasteiger partial charge in [-0.3, -0.25) is 9.78 Å². The minimum Gasteiger partial charge on any atom is -0.399 e. The number of rotatable bonds is 5. The van der Waals surface area contributed by atoms with E-state index in [2.05, 4.69) is 10.3 Å². The van der Waals surface area contributed by atoms with Crippen LogP contribution in [0.2, 0.25) is 0 Å². The van der Waals surface area contributed by atoms with Crippen molar-refractivity contribution in [1.29, 1.82) is 0 Å². The fraction of sp³-hybridized carbons (Fsp3) is 0.625. The van der Waals surface area contributed by atoms with Gasteiger partial charge in [0.15, 0.2) is 0 Å². The Morgan fingerprint density at radius 1 is 1.26 bits per heavy atom. The molecule has 1 aromatic rings. The summed E-state index contributed by atoms with van der Waals surface area (Å²) < 4.78 is 12.0. The zero-order chi connectivity index (χ0) is 17.3. The summed E-state index contributed by atoms with van der Waals surface area (Å²) in [7, 11) is 3.43. The SMILES string of the molecule is CN(C)CCNC(=O)c1cc(B2OC(C)(C)C(C)(C)O2)ccn1. The highest BCUT2D eigenvalue weighted by molar-refractivity contribution is 6.62. The molecule has 0 saturated carbocycles. The number of hydrogen-bond acceptors (Lipinski definition) is 5. The van der Waals surface area contributed by atoms with E-state index < -0.39 is 18.3 Å². The molecule has 0 atom stereocenters. The minimum absolute atomic E-state index is 0.190. The molecule has 1 aliphatic heterocycles. The van der Waals surface area contributed by atoms with Gasteiger partial charge in [0.2, 0.25) is 0 Å². The van der Waals surface area contributed by atoms with Crippen molar-refractivity contribution < 1.29 is 14.1 Å². The molecule has 0 radical (unpaired) electrons. The maximum absolute atomic E-state index is 12.2. The molecule has 6 nitrogen and oxygen atoms in total. The summed E-state index contributed by atoms with van der Waals surface area (Å²) in [6, 6.07) is 3.55. The molecule has 1 amide bonds. The van der Waals surface area contributed by atoms with E-state index in [1.54, 1.807) is 12.3 Å². The first-order valence-electron chi connectivity index (χ1n) is 7.87. The zero-order valence-corrected chi connectivity index (χ0v) is 14.8. The van der Waals surface area contributed by atoms with Crippen LogP contribution in [0.1, 0.15) is 38.2 Å². The second-order valence-electron chi connectivity index (χ2n) is 7.12. The average Bonchev–Trinajstić information content (AvgIpc) is 2.67. The molecule has 0 spiro atoms. The Balaban J connectivity index is 2.07. The van der Waals surface area contributed by atoms with Crippen LogP contribution in [-0.2, 0) is 9.31 Å². The van der Waals surface area contributed by atoms with Crippen molar-refractivity contribution in [1.82, 2.24) is 15.2 Å². The van der Waals surface area contributed by atoms with Gasteiger partial charge in [-0.2, -0.15) is 0 Å². The van der Waals surface area contributed by atoms with Gasteiger partial charge >= 0.3 is 7.12 Å². The number of likely N-dealkylation sites (N-methyl/N-ethyl adjacent to an activating group) is 1. The lowest BCUT2D eigenvalue weighted by atomic mass is 9.79. The Morgan fingerprint density at radius 2 is 1.87 bits per heavy atom. The van der Waals surface area contributed by atoms with Crippen molar-refractivity contribution in [2.24, 2.45) is 0 Å². The molecule has 2 rings (SSSR count). The van der Waals surface area contributed by atoms with Crippen LogP contribution in [0.15, 0.2) is 18.3 Å². The second kappa shape index (κ2) is 6.59. The van der Waals surface area contributed by atoms with Crippen LogP contribution in [0.5, 0.6) is 0 Å². The molecule has 1 aliphatic rings. The molecule has 1 N–H and O–H groups in total. The number of nitrogens with one attached hydrogen (secondary N) is 1. The van der Waals surface area contributed by atoms with Gasteiger partial charge in [0.1, 0.15) is 5.69 Å². The number of hydrogen-bond donors (Lipinski definition) is 1. The number of amides is 1. The molecule has 7 heteroatoms. The molecule has 2 heterocycles. The number of nitrogens with zero attached hydrogens (tertiary/aromatic N) is 2. The van der Waals surface area contributed by atoms with Gasteiger partial charge in [-0.05, 0) is 59.4 Å². The molecular weight excluding hydrogens is 293 g/mol. The average molecular weight is 319 g/mol. The van der Waals surface area contributed by atoms with Gasteiger partial charge in [0, 0.05) is 19.3 Å². The standard InChI is InChI=1S/C16H26BN3O3/c1-15(2)16(3,4)23-17(22-15)12-7-8-18-13(11-12)14(21)19-9-10-20(5)6/h7-8,11H,9-10H2,1-6H3,(H,19,21). The first-order chi connectivity index (χ1) is 10.6. The molecule has 0 aromatic carbocycles. The number of pyridine rings is 1. The summed E-state index contributed by atoms with van der Waals surface area (Å²) in [4.78, 5) is 18.3. The summed E-state index contributed by atoms with van der Waals surface area (Å²) >= 11 is 0. The van der Waals surface area contributed by atoms with Gasteiger partial charge in [-0.25, -0.2) is 0 Å². The summed E-state index contributed by atoms with van der Waals surface area (Å²) in [5.41, 5.74) is 0.358. The van der Waals surface area contributed by atoms with Gasteiger partial charge in [-0.15, -0.1) is 0 Å². The van der Waals surface area contributed by atoms with Crippen molar-refractivity contribution in [2.45, 2.75) is 38.9 Å². The Hall–Kier alpha value is -1.44. The molecular formula is C16H26BN3O3. The monoisotopic (exact) mass is 319 g/mol. The van der Waals surface area contributed by atoms with Crippen molar-refractivity contribution in [3.63, 3.8) is 0 Å². The lowest BCUT2D eigenvalue weighted by molar-refractivity contribution is 0.00578. The molecule has 0 aliphatic carbocycles. The maximum atomic E-state index is 12.2. The van der Waals surface area contributed by atoms with Crippen LogP contribution in [0.3, 0.4) is 0 Å². The van der Waals surface area contributed by atoms with Gasteiger partial charge < -0.3 is 19.5 Å². The highest BCUT2D eigenvalue weighted by Crippen LogP contribution is 2.36. The fourth-order valence-corrected chi connectivity index (χ4v) is 2.18. The van der Waals surface area contributed by atoms with E-state index in [0.29, 0.717) is 12.2 Å². The Labute approximate surface area is 138 Å². The van der Waals surface area contributed by atoms with Crippen LogP contribution in [0.25, 0.3) is 0 Å². The maximum Gasteiger partial charge on any atom is 0.494 e. The summed E-state index contributed by atoms with van der Waals surface area (Å²) in [5, 5.41) is 2.86. The summed E-state index contributed by atoms with van der Waals surface area (Å²) in [6.45, 7) is 9.37. The van der Waals surface area contributed by atoms with E-state index in [9.17, 15) is 4.79 Å². The highest BCUT2D eigenvalue weighted by atomic mass is 16.7. The van der Waals surface area contributed by atoms with Gasteiger partial charge in [-0.1, -0.05) is 0 Å². The topological polar surface area (TPSA) is 63.7 Å². The molecule has 1 fully saturated rings. The third-order valence-electron chi connectivity index (χ3n) is 4.39. The van der Waals surface area contributed by atoms with E-state index in [4.69, 9.17) is 9.31 Å². The molecule has 1 aromatic heterocycles. The van der Waals surface area contributed by atoms with E-state index in [0.717, 1.165) is 12.0 Å². The van der Waals surface area contributed by atoms with Crippen molar-refractivity contribution in [2.75, 3.05) is 27.2 Å². The van der Waals surface area contributed by atoms with Gasteiger partial charge in [0.05, 0.1) is 11.2 Å². The molecule has 0 unspecified atom stereocenters. The van der Waals surface area contributed by atoms with Gasteiger partial charge in [0.25, 0.3) is 5.91 Å². The first-order valence-corrected chi connectivity index (χ1v) is 7.87. The van der Waals surface area contributed by atoms with Crippen LogP contribution >= 0.6 is 0 Å². The third kappa shape index (κ3) is 4.10. The summed E-state index contributed by atoms with van der Waals surface area (Å²) in [5.74, 6) is -0.190. The number of carbonyl (C=O) groups is 1. The number of aromatic nitrogens is 1. The quantitative estimate of drug-likeness (QED) is 0.809. The second-order valence-corrected chi connectivity index (χ2v) is 7.12. The van der Waals surface area contributed by atoms with E-state index >= 15 is 0 Å². The zero-order valence-electron chi connectivity index (χ0n) is 14.8. The Kier molecular flexibility index (Phi) is 5.13. The van der Waals surface area contributed by atoms with Crippen molar-refractivity contribution in [3.05, 3.63) is 24.0 Å². The van der Waals surface area contributed by atoms with E-state index in [1.165, 1.54) is 0 Å². The lowest BCUT2D eigenvalue weighted by Gasteiger charge is -2.32. The van der Waals surface area contributed by atoms with Crippen LogP contribution in [-0.4, -0.2) is 61.3 Å². The first kappa shape index (κ1) is 17.9. The van der Waals surface area contributed by atoms with Crippen molar-refractivity contribution in [3.8, 4) is 0 Å². The largest absolute Gasteiger partial charge is 0.494 e. The van der Waals surface area contributed by atoms with Crippen molar-refractivity contribution >= 4 is 18.5 Å². The predicted molar refractivity (Wildman–Crippen MR) is 90.8 cm³/mol. The smallest absolute Gasteiger partial charge is 0.399 e. The lowest BCUT2D eigenvalue weighted by Crippen LogP contribution is -2.41. The molecule has 0 bridgehead atoms. The number of carbonyl (C=O) groups excluding carboxylic acids is 1. The van der Waals surface area contributed by atoms with E-state index in [1.807, 2.05) is 52.8 Å². The van der Waals surface area contributed by atoms with E-state index in [-0.39, 0.29) is 5.91 Å². The molecule has 126 valence electrons. The Morgan fingerprint density at radius 3 is 2.43 bits per heavy atom. The Bertz CT molecular complexity index is 559. The van der Waals surface area contributed by atoms with Crippen LogP contribution < -0.4 is 10.8 Å². The summed E-state index contributed by atoms with van der Waals surface area (Å²) in [6.07, 6.45) is 1.61. The highest BCUT2D eigenvalue weighted by Gasteiger charge is 2.51. The fourth-order valence-electron chi connectivity index (χ4n) is 2.18. The minimum atomic E-state index is -0.490. The van der Waals surface area contributed by atoms with Crippen LogP contribution in [0, 0.1) is 0 Å². The van der Waals surface area contributed by atoms with Crippen LogP contribution in [0.4, 0.5) is 0 Å². The predicted octanol–water partition coefficient (Wildman–Crippen LogP) is 0.672.